The fourth-order valence-electron chi connectivity index (χ4n) is 0.947. The molecular weight excluding hydrogens is 200 g/mol. The molecule has 0 aromatic rings. The maximum atomic E-state index is 11.4. The fourth-order valence-corrected chi connectivity index (χ4v) is 1.10. The third kappa shape index (κ3) is 2.65. The van der Waals surface area contributed by atoms with E-state index in [4.69, 9.17) is 22.8 Å². The molecule has 1 saturated heterocycles. The highest BCUT2D eigenvalue weighted by Crippen LogP contribution is 2.21. The van der Waals surface area contributed by atoms with Gasteiger partial charge in [-0.15, -0.1) is 5.06 Å². The highest BCUT2D eigenvalue weighted by molar-refractivity contribution is 7.80. The SMILES string of the molecule is CC(C)(C)C(=O)ON1CC(C(N)=S)C1. The molecule has 0 unspecified atom stereocenters. The van der Waals surface area contributed by atoms with Crippen LogP contribution in [-0.2, 0) is 9.63 Å². The third-order valence-corrected chi connectivity index (χ3v) is 2.41. The highest BCUT2D eigenvalue weighted by atomic mass is 32.1. The lowest BCUT2D eigenvalue weighted by Crippen LogP contribution is -2.53. The number of carbonyl (C=O) groups excluding carboxylic acids is 1. The number of rotatable bonds is 2. The number of carbonyl (C=O) groups is 1. The molecule has 0 amide bonds. The van der Waals surface area contributed by atoms with Gasteiger partial charge < -0.3 is 10.6 Å². The Labute approximate surface area is 89.3 Å². The van der Waals surface area contributed by atoms with Gasteiger partial charge in [-0.25, -0.2) is 4.79 Å². The van der Waals surface area contributed by atoms with Crippen molar-refractivity contribution in [1.82, 2.24) is 5.06 Å². The smallest absolute Gasteiger partial charge is 0.330 e. The van der Waals surface area contributed by atoms with Crippen LogP contribution in [0.25, 0.3) is 0 Å². The molecule has 0 bridgehead atoms. The summed E-state index contributed by atoms with van der Waals surface area (Å²) in [4.78, 5) is 17.0. The van der Waals surface area contributed by atoms with Gasteiger partial charge in [0.2, 0.25) is 0 Å². The summed E-state index contributed by atoms with van der Waals surface area (Å²) in [5.41, 5.74) is 4.98. The van der Waals surface area contributed by atoms with E-state index >= 15 is 0 Å². The first-order valence-corrected chi connectivity index (χ1v) is 4.98. The summed E-state index contributed by atoms with van der Waals surface area (Å²) in [6.07, 6.45) is 0. The van der Waals surface area contributed by atoms with Crippen LogP contribution in [-0.4, -0.2) is 29.1 Å². The van der Waals surface area contributed by atoms with Crippen LogP contribution in [0.2, 0.25) is 0 Å². The monoisotopic (exact) mass is 216 g/mol. The topological polar surface area (TPSA) is 55.6 Å². The van der Waals surface area contributed by atoms with Gasteiger partial charge in [0.15, 0.2) is 0 Å². The van der Waals surface area contributed by atoms with Crippen LogP contribution in [0.15, 0.2) is 0 Å². The zero-order valence-electron chi connectivity index (χ0n) is 8.74. The van der Waals surface area contributed by atoms with E-state index in [1.807, 2.05) is 20.8 Å². The number of nitrogens with zero attached hydrogens (tertiary/aromatic N) is 1. The second-order valence-corrected chi connectivity index (χ2v) is 5.05. The molecule has 1 fully saturated rings. The van der Waals surface area contributed by atoms with Crippen molar-refractivity contribution in [1.29, 1.82) is 0 Å². The number of hydrogen-bond acceptors (Lipinski definition) is 4. The van der Waals surface area contributed by atoms with Gasteiger partial charge in [-0.2, -0.15) is 0 Å². The van der Waals surface area contributed by atoms with Crippen molar-refractivity contribution >= 4 is 23.2 Å². The molecule has 0 aromatic carbocycles. The van der Waals surface area contributed by atoms with Gasteiger partial charge in [0.1, 0.15) is 0 Å². The van der Waals surface area contributed by atoms with Gasteiger partial charge in [-0.3, -0.25) is 0 Å². The van der Waals surface area contributed by atoms with E-state index in [-0.39, 0.29) is 11.9 Å². The summed E-state index contributed by atoms with van der Waals surface area (Å²) < 4.78 is 0. The Hall–Kier alpha value is -0.680. The molecule has 1 aliphatic heterocycles. The molecule has 4 nitrogen and oxygen atoms in total. The average Bonchev–Trinajstić information content (AvgIpc) is 1.92. The average molecular weight is 216 g/mol. The molecule has 1 heterocycles. The minimum Gasteiger partial charge on any atom is -0.393 e. The van der Waals surface area contributed by atoms with Crippen molar-refractivity contribution < 1.29 is 9.63 Å². The van der Waals surface area contributed by atoms with Crippen LogP contribution >= 0.6 is 12.2 Å². The van der Waals surface area contributed by atoms with E-state index in [0.717, 1.165) is 0 Å². The predicted octanol–water partition coefficient (Wildman–Crippen LogP) is 0.709. The van der Waals surface area contributed by atoms with Gasteiger partial charge >= 0.3 is 5.97 Å². The Morgan fingerprint density at radius 2 is 2.00 bits per heavy atom. The fraction of sp³-hybridized carbons (Fsp3) is 0.778. The van der Waals surface area contributed by atoms with Crippen LogP contribution in [0.4, 0.5) is 0 Å². The minimum absolute atomic E-state index is 0.192. The standard InChI is InChI=1S/C9H16N2O2S/c1-9(2,3)8(12)13-11-4-6(5-11)7(10)14/h6H,4-5H2,1-3H3,(H2,10,14). The molecule has 0 aromatic heterocycles. The Bertz CT molecular complexity index is 254. The van der Waals surface area contributed by atoms with Crippen LogP contribution in [0, 0.1) is 11.3 Å². The maximum absolute atomic E-state index is 11.4. The van der Waals surface area contributed by atoms with E-state index in [1.165, 1.54) is 0 Å². The van der Waals surface area contributed by atoms with Gasteiger partial charge in [0.25, 0.3) is 0 Å². The predicted molar refractivity (Wildman–Crippen MR) is 57.4 cm³/mol. The van der Waals surface area contributed by atoms with E-state index in [2.05, 4.69) is 0 Å². The molecule has 80 valence electrons. The summed E-state index contributed by atoms with van der Waals surface area (Å²) in [6, 6.07) is 0. The van der Waals surface area contributed by atoms with Gasteiger partial charge in [0, 0.05) is 19.0 Å². The molecule has 5 heteroatoms. The minimum atomic E-state index is -0.464. The lowest BCUT2D eigenvalue weighted by molar-refractivity contribution is -0.222. The zero-order chi connectivity index (χ0) is 10.9. The number of nitrogens with two attached hydrogens (primary N) is 1. The number of thiocarbonyl (C=S) groups is 1. The summed E-state index contributed by atoms with van der Waals surface area (Å²) >= 11 is 4.82. The second kappa shape index (κ2) is 3.82. The summed E-state index contributed by atoms with van der Waals surface area (Å²) in [5.74, 6) is -0.0309. The van der Waals surface area contributed by atoms with E-state index in [0.29, 0.717) is 18.1 Å². The maximum Gasteiger partial charge on any atom is 0.330 e. The van der Waals surface area contributed by atoms with Crippen molar-refractivity contribution in [3.8, 4) is 0 Å². The number of hydroxylamine groups is 2. The first-order valence-electron chi connectivity index (χ1n) is 4.57. The van der Waals surface area contributed by atoms with E-state index < -0.39 is 5.41 Å². The molecule has 0 saturated carbocycles. The van der Waals surface area contributed by atoms with Crippen molar-refractivity contribution in [2.24, 2.45) is 17.1 Å². The highest BCUT2D eigenvalue weighted by Gasteiger charge is 2.34. The molecule has 1 aliphatic rings. The summed E-state index contributed by atoms with van der Waals surface area (Å²) in [7, 11) is 0. The van der Waals surface area contributed by atoms with Gasteiger partial charge in [-0.05, 0) is 20.8 Å². The number of hydrogen-bond donors (Lipinski definition) is 1. The summed E-state index contributed by atoms with van der Waals surface area (Å²) in [6.45, 7) is 6.70. The second-order valence-electron chi connectivity index (χ2n) is 4.57. The van der Waals surface area contributed by atoms with Crippen molar-refractivity contribution in [3.63, 3.8) is 0 Å². The molecule has 0 spiro atoms. The Morgan fingerprint density at radius 3 is 2.36 bits per heavy atom. The molecule has 2 N–H and O–H groups in total. The quantitative estimate of drug-likeness (QED) is 0.689. The molecule has 0 aliphatic carbocycles. The molecule has 1 rings (SSSR count). The van der Waals surface area contributed by atoms with E-state index in [1.54, 1.807) is 5.06 Å². The molecule has 0 atom stereocenters. The van der Waals surface area contributed by atoms with Crippen LogP contribution in [0.5, 0.6) is 0 Å². The lowest BCUT2D eigenvalue weighted by atomic mass is 9.97. The zero-order valence-corrected chi connectivity index (χ0v) is 9.56. The molecular formula is C9H16N2O2S. The normalized spacial score (nSPS) is 18.8. The first kappa shape index (κ1) is 11.4. The molecule has 14 heavy (non-hydrogen) atoms. The third-order valence-electron chi connectivity index (χ3n) is 2.07. The molecule has 0 radical (unpaired) electrons. The van der Waals surface area contributed by atoms with Crippen LogP contribution < -0.4 is 5.73 Å². The van der Waals surface area contributed by atoms with Crippen molar-refractivity contribution in [2.45, 2.75) is 20.8 Å². The van der Waals surface area contributed by atoms with Crippen molar-refractivity contribution in [3.05, 3.63) is 0 Å². The van der Waals surface area contributed by atoms with Crippen molar-refractivity contribution in [2.75, 3.05) is 13.1 Å². The van der Waals surface area contributed by atoms with Gasteiger partial charge in [-0.1, -0.05) is 12.2 Å². The summed E-state index contributed by atoms with van der Waals surface area (Å²) in [5, 5.41) is 1.59. The van der Waals surface area contributed by atoms with Crippen LogP contribution in [0.3, 0.4) is 0 Å². The Morgan fingerprint density at radius 1 is 1.50 bits per heavy atom. The Kier molecular flexibility index (Phi) is 3.11. The Balaban J connectivity index is 2.30. The van der Waals surface area contributed by atoms with Gasteiger partial charge in [0.05, 0.1) is 10.4 Å². The largest absolute Gasteiger partial charge is 0.393 e. The first-order chi connectivity index (χ1) is 6.30. The lowest BCUT2D eigenvalue weighted by Gasteiger charge is -2.37. The van der Waals surface area contributed by atoms with E-state index in [9.17, 15) is 4.79 Å². The van der Waals surface area contributed by atoms with Crippen LogP contribution in [0.1, 0.15) is 20.8 Å².